The normalized spacial score (nSPS) is 10.7. The number of rotatable bonds is 6. The highest BCUT2D eigenvalue weighted by atomic mass is 16.5. The molecule has 14 heavy (non-hydrogen) atoms. The lowest BCUT2D eigenvalue weighted by molar-refractivity contribution is -0.884. The van der Waals surface area contributed by atoms with Gasteiger partial charge in [0.05, 0.1) is 20.1 Å². The van der Waals surface area contributed by atoms with Crippen molar-refractivity contribution in [3.05, 3.63) is 12.7 Å². The van der Waals surface area contributed by atoms with Crippen LogP contribution in [-0.4, -0.2) is 50.2 Å². The molecule has 0 aromatic carbocycles. The molecule has 0 atom stereocenters. The number of ether oxygens (including phenoxy) is 1. The third-order valence-corrected chi connectivity index (χ3v) is 1.66. The van der Waals surface area contributed by atoms with Crippen LogP contribution in [0.15, 0.2) is 12.7 Å². The number of hydrogen-bond donors (Lipinski definition) is 0. The van der Waals surface area contributed by atoms with Crippen molar-refractivity contribution in [2.24, 2.45) is 0 Å². The van der Waals surface area contributed by atoms with Gasteiger partial charge in [0.2, 0.25) is 0 Å². The second-order valence-corrected chi connectivity index (χ2v) is 3.56. The van der Waals surface area contributed by atoms with E-state index in [0.717, 1.165) is 6.08 Å². The van der Waals surface area contributed by atoms with Crippen LogP contribution in [0, 0.1) is 0 Å². The van der Waals surface area contributed by atoms with Crippen molar-refractivity contribution in [3.63, 3.8) is 0 Å². The largest absolute Gasteiger partial charge is 0.544 e. The van der Waals surface area contributed by atoms with Crippen molar-refractivity contribution >= 4 is 11.9 Å². The number of aliphatic carboxylic acids is 1. The van der Waals surface area contributed by atoms with Gasteiger partial charge in [0.25, 0.3) is 0 Å². The first-order valence-electron chi connectivity index (χ1n) is 4.18. The zero-order chi connectivity index (χ0) is 11.2. The van der Waals surface area contributed by atoms with Crippen LogP contribution in [-0.2, 0) is 14.3 Å². The molecule has 5 nitrogen and oxygen atoms in total. The van der Waals surface area contributed by atoms with Gasteiger partial charge >= 0.3 is 5.97 Å². The Morgan fingerprint density at radius 1 is 1.50 bits per heavy atom. The highest BCUT2D eigenvalue weighted by Crippen LogP contribution is 1.95. The molecule has 0 saturated heterocycles. The van der Waals surface area contributed by atoms with Crippen LogP contribution >= 0.6 is 0 Å². The molecule has 0 aromatic rings. The summed E-state index contributed by atoms with van der Waals surface area (Å²) in [6, 6.07) is 0. The van der Waals surface area contributed by atoms with Crippen molar-refractivity contribution in [1.82, 2.24) is 0 Å². The van der Waals surface area contributed by atoms with Gasteiger partial charge in [-0.3, -0.25) is 0 Å². The molecule has 0 aliphatic heterocycles. The molecule has 0 aliphatic rings. The second kappa shape index (κ2) is 5.39. The third kappa shape index (κ3) is 6.19. The van der Waals surface area contributed by atoms with Crippen molar-refractivity contribution in [2.45, 2.75) is 0 Å². The molecular weight excluding hydrogens is 186 g/mol. The summed E-state index contributed by atoms with van der Waals surface area (Å²) >= 11 is 0. The molecular formula is C9H15NO4. The first-order chi connectivity index (χ1) is 6.37. The lowest BCUT2D eigenvalue weighted by Gasteiger charge is -2.29. The zero-order valence-electron chi connectivity index (χ0n) is 8.49. The fourth-order valence-corrected chi connectivity index (χ4v) is 0.881. The average molecular weight is 201 g/mol. The van der Waals surface area contributed by atoms with Gasteiger partial charge in [-0.05, 0) is 0 Å². The molecule has 0 radical (unpaired) electrons. The summed E-state index contributed by atoms with van der Waals surface area (Å²) < 4.78 is 4.94. The van der Waals surface area contributed by atoms with E-state index in [2.05, 4.69) is 6.58 Å². The van der Waals surface area contributed by atoms with Crippen LogP contribution in [0.25, 0.3) is 0 Å². The average Bonchev–Trinajstić information content (AvgIpc) is 2.01. The molecule has 0 rings (SSSR count). The van der Waals surface area contributed by atoms with Crippen LogP contribution in [0.1, 0.15) is 0 Å². The smallest absolute Gasteiger partial charge is 0.330 e. The number of carboxylic acid groups (broad SMARTS) is 1. The van der Waals surface area contributed by atoms with Gasteiger partial charge in [-0.2, -0.15) is 0 Å². The number of quaternary nitrogens is 1. The molecule has 0 spiro atoms. The van der Waals surface area contributed by atoms with E-state index in [0.29, 0.717) is 6.54 Å². The number of nitrogens with zero attached hydrogens (tertiary/aromatic N) is 1. The highest BCUT2D eigenvalue weighted by Gasteiger charge is 2.15. The molecule has 0 fully saturated rings. The summed E-state index contributed by atoms with van der Waals surface area (Å²) in [5.41, 5.74) is 0. The van der Waals surface area contributed by atoms with Gasteiger partial charge in [-0.1, -0.05) is 6.58 Å². The summed E-state index contributed by atoms with van der Waals surface area (Å²) in [6.45, 7) is 3.73. The van der Waals surface area contributed by atoms with Crippen LogP contribution < -0.4 is 5.11 Å². The third-order valence-electron chi connectivity index (χ3n) is 1.66. The van der Waals surface area contributed by atoms with Gasteiger partial charge < -0.3 is 19.1 Å². The number of hydrogen-bond acceptors (Lipinski definition) is 4. The Morgan fingerprint density at radius 2 is 2.07 bits per heavy atom. The molecule has 0 unspecified atom stereocenters. The maximum Gasteiger partial charge on any atom is 0.330 e. The molecule has 0 N–H and O–H groups in total. The lowest BCUT2D eigenvalue weighted by atomic mass is 10.4. The maximum atomic E-state index is 10.6. The van der Waals surface area contributed by atoms with Gasteiger partial charge in [0, 0.05) is 6.08 Å². The van der Waals surface area contributed by atoms with E-state index in [1.807, 2.05) is 0 Å². The number of carbonyl (C=O) groups excluding carboxylic acids is 2. The summed E-state index contributed by atoms with van der Waals surface area (Å²) in [4.78, 5) is 21.0. The standard InChI is InChI=1S/C9H15NO4/c1-4-9(13)14-6-5-10(2,3)7-8(11)12/h4H,1,5-7H2,2-3H3. The summed E-state index contributed by atoms with van der Waals surface area (Å²) in [7, 11) is 3.44. The predicted octanol–water partition coefficient (Wildman–Crippen LogP) is -1.46. The van der Waals surface area contributed by atoms with Gasteiger partial charge in [0.15, 0.2) is 0 Å². The van der Waals surface area contributed by atoms with Gasteiger partial charge in [-0.15, -0.1) is 0 Å². The molecule has 0 aromatic heterocycles. The fraction of sp³-hybridized carbons (Fsp3) is 0.556. The number of esters is 1. The first kappa shape index (κ1) is 12.6. The predicted molar refractivity (Wildman–Crippen MR) is 48.0 cm³/mol. The Bertz CT molecular complexity index is 235. The van der Waals surface area contributed by atoms with Crippen molar-refractivity contribution in [3.8, 4) is 0 Å². The van der Waals surface area contributed by atoms with Crippen LogP contribution in [0.4, 0.5) is 0 Å². The molecule has 0 saturated carbocycles. The Kier molecular flexibility index (Phi) is 4.86. The molecule has 5 heteroatoms. The van der Waals surface area contributed by atoms with E-state index in [9.17, 15) is 14.7 Å². The zero-order valence-corrected chi connectivity index (χ0v) is 8.49. The lowest BCUT2D eigenvalue weighted by Crippen LogP contribution is -2.49. The van der Waals surface area contributed by atoms with Crippen LogP contribution in [0.2, 0.25) is 0 Å². The quantitative estimate of drug-likeness (QED) is 0.299. The number of carbonyl (C=O) groups is 2. The SMILES string of the molecule is C=CC(=O)OCC[N+](C)(C)CC(=O)[O-]. The minimum absolute atomic E-state index is 0.106. The highest BCUT2D eigenvalue weighted by molar-refractivity contribution is 5.81. The Hall–Kier alpha value is -1.36. The summed E-state index contributed by atoms with van der Waals surface area (Å²) in [5, 5.41) is 10.3. The molecule has 0 heterocycles. The summed E-state index contributed by atoms with van der Waals surface area (Å²) in [5.74, 6) is -1.62. The van der Waals surface area contributed by atoms with Gasteiger partial charge in [-0.25, -0.2) is 4.79 Å². The van der Waals surface area contributed by atoms with Crippen LogP contribution in [0.3, 0.4) is 0 Å². The topological polar surface area (TPSA) is 66.4 Å². The minimum Gasteiger partial charge on any atom is -0.544 e. The number of likely N-dealkylation sites (N-methyl/N-ethyl adjacent to an activating group) is 1. The molecule has 0 amide bonds. The van der Waals surface area contributed by atoms with Crippen molar-refractivity contribution < 1.29 is 23.9 Å². The molecule has 0 bridgehead atoms. The van der Waals surface area contributed by atoms with E-state index in [-0.39, 0.29) is 17.6 Å². The van der Waals surface area contributed by atoms with E-state index in [1.165, 1.54) is 0 Å². The Morgan fingerprint density at radius 3 is 2.50 bits per heavy atom. The van der Waals surface area contributed by atoms with E-state index in [1.54, 1.807) is 14.1 Å². The Balaban J connectivity index is 3.81. The van der Waals surface area contributed by atoms with E-state index < -0.39 is 11.9 Å². The summed E-state index contributed by atoms with van der Waals surface area (Å²) in [6.07, 6.45) is 1.07. The monoisotopic (exact) mass is 201 g/mol. The van der Waals surface area contributed by atoms with E-state index in [4.69, 9.17) is 4.74 Å². The first-order valence-corrected chi connectivity index (χ1v) is 4.18. The minimum atomic E-state index is -1.12. The van der Waals surface area contributed by atoms with Gasteiger partial charge in [0.1, 0.15) is 19.7 Å². The fourth-order valence-electron chi connectivity index (χ4n) is 0.881. The maximum absolute atomic E-state index is 10.6. The molecule has 80 valence electrons. The second-order valence-electron chi connectivity index (χ2n) is 3.56. The molecule has 0 aliphatic carbocycles. The van der Waals surface area contributed by atoms with Crippen molar-refractivity contribution in [1.29, 1.82) is 0 Å². The Labute approximate surface area is 83.2 Å². The van der Waals surface area contributed by atoms with Crippen LogP contribution in [0.5, 0.6) is 0 Å². The number of carboxylic acids is 1. The van der Waals surface area contributed by atoms with Crippen molar-refractivity contribution in [2.75, 3.05) is 33.8 Å². The van der Waals surface area contributed by atoms with E-state index >= 15 is 0 Å².